The van der Waals surface area contributed by atoms with Gasteiger partial charge in [-0.15, -0.1) is 0 Å². The summed E-state index contributed by atoms with van der Waals surface area (Å²) in [5, 5.41) is 16.2. The van der Waals surface area contributed by atoms with E-state index < -0.39 is 0 Å². The molecule has 2 aromatic heterocycles. The fourth-order valence-corrected chi connectivity index (χ4v) is 3.05. The summed E-state index contributed by atoms with van der Waals surface area (Å²) in [5.41, 5.74) is 1.62. The van der Waals surface area contributed by atoms with Crippen LogP contribution in [0.25, 0.3) is 11.2 Å². The zero-order chi connectivity index (χ0) is 19.6. The van der Waals surface area contributed by atoms with E-state index >= 15 is 0 Å². The Bertz CT molecular complexity index is 680. The van der Waals surface area contributed by atoms with Crippen LogP contribution >= 0.6 is 0 Å². The fraction of sp³-hybridized carbons (Fsp3) is 0.750. The maximum Gasteiger partial charge on any atom is 0.227 e. The molecule has 3 N–H and O–H groups in total. The van der Waals surface area contributed by atoms with Gasteiger partial charge in [-0.1, -0.05) is 46.0 Å². The standard InChI is InChI=1S/C20H36N6O/c1-5-7-8-9-10-11-12-21-18-17-19(26(14-22-17)15(3)4)25-20(24-18)23-16(6-2)13-27/h14-16,27H,5-13H2,1-4H3,(H2,21,23,24,25)/t16-/m1/s1. The maximum absolute atomic E-state index is 9.48. The Kier molecular flexibility index (Phi) is 8.78. The Morgan fingerprint density at radius 1 is 1.07 bits per heavy atom. The SMILES string of the molecule is CCCCCCCCNc1nc(N[C@H](CC)CO)nc2c1ncn2C(C)C. The lowest BCUT2D eigenvalue weighted by atomic mass is 10.1. The molecular formula is C20H36N6O. The number of hydrogen-bond donors (Lipinski definition) is 3. The Labute approximate surface area is 163 Å². The molecule has 2 rings (SSSR count). The van der Waals surface area contributed by atoms with E-state index in [1.165, 1.54) is 32.1 Å². The summed E-state index contributed by atoms with van der Waals surface area (Å²) in [6.07, 6.45) is 10.2. The highest BCUT2D eigenvalue weighted by atomic mass is 16.3. The van der Waals surface area contributed by atoms with Gasteiger partial charge in [0.05, 0.1) is 19.0 Å². The minimum absolute atomic E-state index is 0.0516. The number of imidazole rings is 1. The quantitative estimate of drug-likeness (QED) is 0.450. The van der Waals surface area contributed by atoms with Crippen molar-refractivity contribution in [1.82, 2.24) is 19.5 Å². The third-order valence-electron chi connectivity index (χ3n) is 4.85. The number of rotatable bonds is 13. The number of anilines is 2. The van der Waals surface area contributed by atoms with Crippen molar-refractivity contribution in [3.05, 3.63) is 6.33 Å². The summed E-state index contributed by atoms with van der Waals surface area (Å²) in [4.78, 5) is 13.8. The average Bonchev–Trinajstić information content (AvgIpc) is 3.09. The van der Waals surface area contributed by atoms with Gasteiger partial charge in [-0.25, -0.2) is 4.98 Å². The summed E-state index contributed by atoms with van der Waals surface area (Å²) in [5.74, 6) is 1.31. The summed E-state index contributed by atoms with van der Waals surface area (Å²) >= 11 is 0. The van der Waals surface area contributed by atoms with Crippen molar-refractivity contribution in [2.75, 3.05) is 23.8 Å². The fourth-order valence-electron chi connectivity index (χ4n) is 3.05. The minimum atomic E-state index is -0.0516. The summed E-state index contributed by atoms with van der Waals surface area (Å²) in [6, 6.07) is 0.216. The molecular weight excluding hydrogens is 340 g/mol. The number of nitrogens with one attached hydrogen (secondary N) is 2. The number of aliphatic hydroxyl groups is 1. The van der Waals surface area contributed by atoms with Gasteiger partial charge < -0.3 is 20.3 Å². The van der Waals surface area contributed by atoms with Crippen LogP contribution in [0.2, 0.25) is 0 Å². The van der Waals surface area contributed by atoms with Gasteiger partial charge in [0.2, 0.25) is 5.95 Å². The molecule has 0 fully saturated rings. The molecule has 2 heterocycles. The largest absolute Gasteiger partial charge is 0.394 e. The second-order valence-electron chi connectivity index (χ2n) is 7.44. The molecule has 7 nitrogen and oxygen atoms in total. The van der Waals surface area contributed by atoms with Crippen LogP contribution in [0.15, 0.2) is 6.33 Å². The third kappa shape index (κ3) is 6.06. The van der Waals surface area contributed by atoms with Crippen LogP contribution in [0, 0.1) is 0 Å². The number of fused-ring (bicyclic) bond motifs is 1. The lowest BCUT2D eigenvalue weighted by Gasteiger charge is -2.16. The van der Waals surface area contributed by atoms with Crippen LogP contribution in [-0.2, 0) is 0 Å². The lowest BCUT2D eigenvalue weighted by Crippen LogP contribution is -2.24. The molecule has 0 amide bonds. The molecule has 0 aliphatic carbocycles. The smallest absolute Gasteiger partial charge is 0.227 e. The monoisotopic (exact) mass is 376 g/mol. The van der Waals surface area contributed by atoms with Crippen molar-refractivity contribution < 1.29 is 5.11 Å². The van der Waals surface area contributed by atoms with Gasteiger partial charge in [0.15, 0.2) is 17.0 Å². The lowest BCUT2D eigenvalue weighted by molar-refractivity contribution is 0.271. The first kappa shape index (κ1) is 21.4. The molecule has 0 aliphatic heterocycles. The molecule has 0 unspecified atom stereocenters. The van der Waals surface area contributed by atoms with Gasteiger partial charge in [-0.3, -0.25) is 0 Å². The van der Waals surface area contributed by atoms with Crippen LogP contribution in [0.1, 0.15) is 78.7 Å². The van der Waals surface area contributed by atoms with E-state index in [2.05, 4.69) is 50.9 Å². The second kappa shape index (κ2) is 11.1. The molecule has 1 atom stereocenters. The predicted octanol–water partition coefficient (Wildman–Crippen LogP) is 4.36. The number of nitrogens with zero attached hydrogens (tertiary/aromatic N) is 4. The van der Waals surface area contributed by atoms with Crippen molar-refractivity contribution in [3.63, 3.8) is 0 Å². The van der Waals surface area contributed by atoms with E-state index in [9.17, 15) is 5.11 Å². The summed E-state index contributed by atoms with van der Waals surface area (Å²) < 4.78 is 2.05. The van der Waals surface area contributed by atoms with Gasteiger partial charge in [0.25, 0.3) is 0 Å². The maximum atomic E-state index is 9.48. The van der Waals surface area contributed by atoms with Crippen LogP contribution < -0.4 is 10.6 Å². The summed E-state index contributed by atoms with van der Waals surface area (Å²) in [7, 11) is 0. The topological polar surface area (TPSA) is 87.9 Å². The van der Waals surface area contributed by atoms with Crippen molar-refractivity contribution in [2.24, 2.45) is 0 Å². The third-order valence-corrected chi connectivity index (χ3v) is 4.85. The van der Waals surface area contributed by atoms with E-state index in [0.717, 1.165) is 36.4 Å². The van der Waals surface area contributed by atoms with Gasteiger partial charge in [-0.05, 0) is 26.7 Å². The number of unbranched alkanes of at least 4 members (excludes halogenated alkanes) is 5. The highest BCUT2D eigenvalue weighted by molar-refractivity contribution is 5.84. The van der Waals surface area contributed by atoms with Crippen LogP contribution in [-0.4, -0.2) is 43.8 Å². The molecule has 0 aromatic carbocycles. The average molecular weight is 377 g/mol. The van der Waals surface area contributed by atoms with Gasteiger partial charge in [0.1, 0.15) is 0 Å². The Balaban J connectivity index is 2.12. The van der Waals surface area contributed by atoms with E-state index in [1.54, 1.807) is 0 Å². The molecule has 2 aromatic rings. The molecule has 0 spiro atoms. The van der Waals surface area contributed by atoms with E-state index in [0.29, 0.717) is 5.95 Å². The van der Waals surface area contributed by atoms with E-state index in [1.807, 2.05) is 13.3 Å². The van der Waals surface area contributed by atoms with E-state index in [4.69, 9.17) is 0 Å². The Morgan fingerprint density at radius 2 is 1.81 bits per heavy atom. The Morgan fingerprint density at radius 3 is 2.48 bits per heavy atom. The molecule has 0 saturated carbocycles. The molecule has 0 saturated heterocycles. The van der Waals surface area contributed by atoms with Crippen LogP contribution in [0.4, 0.5) is 11.8 Å². The molecule has 0 bridgehead atoms. The van der Waals surface area contributed by atoms with Crippen LogP contribution in [0.3, 0.4) is 0 Å². The zero-order valence-corrected chi connectivity index (χ0v) is 17.3. The van der Waals surface area contributed by atoms with Crippen LogP contribution in [0.5, 0.6) is 0 Å². The van der Waals surface area contributed by atoms with E-state index in [-0.39, 0.29) is 18.7 Å². The van der Waals surface area contributed by atoms with Crippen molar-refractivity contribution in [3.8, 4) is 0 Å². The highest BCUT2D eigenvalue weighted by Crippen LogP contribution is 2.24. The zero-order valence-electron chi connectivity index (χ0n) is 17.3. The molecule has 27 heavy (non-hydrogen) atoms. The first-order valence-corrected chi connectivity index (χ1v) is 10.5. The van der Waals surface area contributed by atoms with Gasteiger partial charge in [0, 0.05) is 12.6 Å². The first-order valence-electron chi connectivity index (χ1n) is 10.5. The highest BCUT2D eigenvalue weighted by Gasteiger charge is 2.16. The minimum Gasteiger partial charge on any atom is -0.394 e. The van der Waals surface area contributed by atoms with Crippen molar-refractivity contribution >= 4 is 22.9 Å². The second-order valence-corrected chi connectivity index (χ2v) is 7.44. The Hall–Kier alpha value is -1.89. The van der Waals surface area contributed by atoms with Gasteiger partial charge in [-0.2, -0.15) is 9.97 Å². The number of aliphatic hydroxyl groups excluding tert-OH is 1. The molecule has 0 aliphatic rings. The van der Waals surface area contributed by atoms with Crippen molar-refractivity contribution in [1.29, 1.82) is 0 Å². The predicted molar refractivity (Wildman–Crippen MR) is 112 cm³/mol. The molecule has 152 valence electrons. The molecule has 7 heteroatoms. The number of hydrogen-bond acceptors (Lipinski definition) is 6. The first-order chi connectivity index (χ1) is 13.1. The number of aromatic nitrogens is 4. The molecule has 0 radical (unpaired) electrons. The van der Waals surface area contributed by atoms with Gasteiger partial charge >= 0.3 is 0 Å². The van der Waals surface area contributed by atoms with Crippen molar-refractivity contribution in [2.45, 2.75) is 84.7 Å². The summed E-state index contributed by atoms with van der Waals surface area (Å²) in [6.45, 7) is 9.43. The normalized spacial score (nSPS) is 12.7.